The van der Waals surface area contributed by atoms with E-state index in [1.54, 1.807) is 13.8 Å². The minimum Gasteiger partial charge on any atom is -0.390 e. The van der Waals surface area contributed by atoms with Crippen LogP contribution in [0.25, 0.3) is 0 Å². The molecule has 0 spiro atoms. The quantitative estimate of drug-likeness (QED) is 0.701. The van der Waals surface area contributed by atoms with E-state index < -0.39 is 5.60 Å². The van der Waals surface area contributed by atoms with Gasteiger partial charge < -0.3 is 10.8 Å². The first-order valence-electron chi connectivity index (χ1n) is 4.25. The van der Waals surface area contributed by atoms with Crippen molar-refractivity contribution in [1.29, 1.82) is 0 Å². The third-order valence-corrected chi connectivity index (χ3v) is 1.80. The number of rotatable bonds is 4. The fourth-order valence-corrected chi connectivity index (χ4v) is 0.994. The second kappa shape index (κ2) is 3.85. The van der Waals surface area contributed by atoms with E-state index in [-0.39, 0.29) is 0 Å². The van der Waals surface area contributed by atoms with E-state index >= 15 is 0 Å². The van der Waals surface area contributed by atoms with Gasteiger partial charge in [-0.25, -0.2) is 4.63 Å². The van der Waals surface area contributed by atoms with Gasteiger partial charge in [-0.05, 0) is 26.7 Å². The molecule has 1 aromatic heterocycles. The molecular weight excluding hydrogens is 170 g/mol. The summed E-state index contributed by atoms with van der Waals surface area (Å²) >= 11 is 0. The van der Waals surface area contributed by atoms with Gasteiger partial charge in [-0.1, -0.05) is 10.3 Å². The summed E-state index contributed by atoms with van der Waals surface area (Å²) in [5, 5.41) is 16.8. The Morgan fingerprint density at radius 1 is 1.38 bits per heavy atom. The predicted molar refractivity (Wildman–Crippen MR) is 46.8 cm³/mol. The van der Waals surface area contributed by atoms with Crippen molar-refractivity contribution in [3.8, 4) is 0 Å². The van der Waals surface area contributed by atoms with Gasteiger partial charge in [-0.2, -0.15) is 0 Å². The Morgan fingerprint density at radius 3 is 2.54 bits per heavy atom. The molecular formula is C8H15N3O2. The topological polar surface area (TPSA) is 85.2 Å². The molecule has 0 atom stereocenters. The van der Waals surface area contributed by atoms with Gasteiger partial charge in [-0.15, -0.1) is 0 Å². The van der Waals surface area contributed by atoms with Crippen molar-refractivity contribution < 1.29 is 9.74 Å². The molecule has 1 aromatic rings. The third kappa shape index (κ3) is 3.12. The second-order valence-electron chi connectivity index (χ2n) is 3.67. The first-order valence-corrected chi connectivity index (χ1v) is 4.25. The van der Waals surface area contributed by atoms with E-state index in [2.05, 4.69) is 14.9 Å². The van der Waals surface area contributed by atoms with Crippen LogP contribution in [0.1, 0.15) is 31.7 Å². The standard InChI is InChI=1S/C8H15N3O2/c1-8(2,12)4-3-6-7(5-9)11-13-10-6/h12H,3-5,9H2,1-2H3. The van der Waals surface area contributed by atoms with E-state index in [1.165, 1.54) is 0 Å². The molecule has 0 aromatic carbocycles. The average Bonchev–Trinajstić information content (AvgIpc) is 2.46. The summed E-state index contributed by atoms with van der Waals surface area (Å²) in [5.74, 6) is 0. The molecule has 1 rings (SSSR count). The molecule has 3 N–H and O–H groups in total. The van der Waals surface area contributed by atoms with Crippen molar-refractivity contribution in [1.82, 2.24) is 10.3 Å². The van der Waals surface area contributed by atoms with Gasteiger partial charge in [0.15, 0.2) is 0 Å². The Balaban J connectivity index is 2.54. The fraction of sp³-hybridized carbons (Fsp3) is 0.750. The molecule has 74 valence electrons. The zero-order chi connectivity index (χ0) is 9.90. The number of hydrogen-bond donors (Lipinski definition) is 2. The molecule has 0 amide bonds. The summed E-state index contributed by atoms with van der Waals surface area (Å²) in [5.41, 5.74) is 6.13. The molecule has 0 saturated heterocycles. The smallest absolute Gasteiger partial charge is 0.121 e. The van der Waals surface area contributed by atoms with Crippen molar-refractivity contribution in [3.63, 3.8) is 0 Å². The molecule has 0 saturated carbocycles. The highest BCUT2D eigenvalue weighted by Crippen LogP contribution is 2.13. The minimum absolute atomic E-state index is 0.324. The summed E-state index contributed by atoms with van der Waals surface area (Å²) in [4.78, 5) is 0. The SMILES string of the molecule is CC(C)(O)CCc1nonc1CN. The number of nitrogens with zero attached hydrogens (tertiary/aromatic N) is 2. The Morgan fingerprint density at radius 2 is 2.00 bits per heavy atom. The molecule has 5 heteroatoms. The Hall–Kier alpha value is -0.940. The van der Waals surface area contributed by atoms with E-state index in [0.717, 1.165) is 5.69 Å². The van der Waals surface area contributed by atoms with Crippen LogP contribution in [0.4, 0.5) is 0 Å². The van der Waals surface area contributed by atoms with E-state index in [4.69, 9.17) is 5.73 Å². The first-order chi connectivity index (χ1) is 6.03. The van der Waals surface area contributed by atoms with Crippen LogP contribution in [-0.2, 0) is 13.0 Å². The molecule has 0 aliphatic rings. The van der Waals surface area contributed by atoms with Crippen molar-refractivity contribution in [3.05, 3.63) is 11.4 Å². The van der Waals surface area contributed by atoms with Gasteiger partial charge in [0.05, 0.1) is 5.60 Å². The van der Waals surface area contributed by atoms with Gasteiger partial charge in [0, 0.05) is 6.54 Å². The molecule has 0 fully saturated rings. The van der Waals surface area contributed by atoms with Gasteiger partial charge in [0.25, 0.3) is 0 Å². The van der Waals surface area contributed by atoms with Gasteiger partial charge in [-0.3, -0.25) is 0 Å². The van der Waals surface area contributed by atoms with E-state index in [9.17, 15) is 5.11 Å². The van der Waals surface area contributed by atoms with E-state index in [0.29, 0.717) is 25.1 Å². The lowest BCUT2D eigenvalue weighted by Gasteiger charge is -2.15. The summed E-state index contributed by atoms with van der Waals surface area (Å²) < 4.78 is 4.54. The van der Waals surface area contributed by atoms with Crippen LogP contribution in [0.5, 0.6) is 0 Å². The van der Waals surface area contributed by atoms with Crippen molar-refractivity contribution in [2.45, 2.75) is 38.8 Å². The molecule has 0 unspecified atom stereocenters. The number of nitrogens with two attached hydrogens (primary N) is 1. The van der Waals surface area contributed by atoms with Crippen LogP contribution in [0, 0.1) is 0 Å². The van der Waals surface area contributed by atoms with E-state index in [1.807, 2.05) is 0 Å². The van der Waals surface area contributed by atoms with Crippen molar-refractivity contribution >= 4 is 0 Å². The Bertz CT molecular complexity index is 265. The summed E-state index contributed by atoms with van der Waals surface area (Å²) in [6, 6.07) is 0. The molecule has 5 nitrogen and oxygen atoms in total. The first kappa shape index (κ1) is 10.1. The van der Waals surface area contributed by atoms with Gasteiger partial charge in [0.1, 0.15) is 11.4 Å². The summed E-state index contributed by atoms with van der Waals surface area (Å²) in [6.07, 6.45) is 1.26. The summed E-state index contributed by atoms with van der Waals surface area (Å²) in [6.45, 7) is 3.83. The lowest BCUT2D eigenvalue weighted by atomic mass is 10.0. The Labute approximate surface area is 76.9 Å². The van der Waals surface area contributed by atoms with Crippen LogP contribution in [0.3, 0.4) is 0 Å². The highest BCUT2D eigenvalue weighted by atomic mass is 16.6. The van der Waals surface area contributed by atoms with Crippen LogP contribution in [0.2, 0.25) is 0 Å². The molecule has 0 aliphatic carbocycles. The maximum absolute atomic E-state index is 9.47. The highest BCUT2D eigenvalue weighted by Gasteiger charge is 2.15. The molecule has 0 aliphatic heterocycles. The number of aromatic nitrogens is 2. The average molecular weight is 185 g/mol. The maximum atomic E-state index is 9.47. The van der Waals surface area contributed by atoms with Crippen LogP contribution < -0.4 is 5.73 Å². The summed E-state index contributed by atoms with van der Waals surface area (Å²) in [7, 11) is 0. The zero-order valence-corrected chi connectivity index (χ0v) is 7.95. The lowest BCUT2D eigenvalue weighted by Crippen LogP contribution is -2.19. The molecule has 0 radical (unpaired) electrons. The van der Waals surface area contributed by atoms with Gasteiger partial charge >= 0.3 is 0 Å². The number of aryl methyl sites for hydroxylation is 1. The second-order valence-corrected chi connectivity index (χ2v) is 3.67. The maximum Gasteiger partial charge on any atom is 0.121 e. The largest absolute Gasteiger partial charge is 0.390 e. The molecule has 0 bridgehead atoms. The Kier molecular flexibility index (Phi) is 3.00. The van der Waals surface area contributed by atoms with Crippen LogP contribution in [-0.4, -0.2) is 21.0 Å². The minimum atomic E-state index is -0.690. The normalized spacial score (nSPS) is 12.0. The zero-order valence-electron chi connectivity index (χ0n) is 7.95. The van der Waals surface area contributed by atoms with Gasteiger partial charge in [0.2, 0.25) is 0 Å². The number of hydrogen-bond acceptors (Lipinski definition) is 5. The monoisotopic (exact) mass is 185 g/mol. The van der Waals surface area contributed by atoms with Crippen molar-refractivity contribution in [2.75, 3.05) is 0 Å². The lowest BCUT2D eigenvalue weighted by molar-refractivity contribution is 0.0708. The fourth-order valence-electron chi connectivity index (χ4n) is 0.994. The van der Waals surface area contributed by atoms with Crippen molar-refractivity contribution in [2.24, 2.45) is 5.73 Å². The van der Waals surface area contributed by atoms with Crippen LogP contribution in [0.15, 0.2) is 4.63 Å². The molecule has 1 heterocycles. The highest BCUT2D eigenvalue weighted by molar-refractivity contribution is 5.07. The number of aliphatic hydroxyl groups is 1. The predicted octanol–water partition coefficient (Wildman–Crippen LogP) is 0.232. The third-order valence-electron chi connectivity index (χ3n) is 1.80. The van der Waals surface area contributed by atoms with Crippen LogP contribution >= 0.6 is 0 Å². The molecule has 13 heavy (non-hydrogen) atoms.